The quantitative estimate of drug-likeness (QED) is 0.372. The highest BCUT2D eigenvalue weighted by atomic mass is 32.2. The molecule has 1 aliphatic rings. The van der Waals surface area contributed by atoms with E-state index < -0.39 is 6.23 Å². The molecule has 0 fully saturated rings. The van der Waals surface area contributed by atoms with Crippen molar-refractivity contribution in [1.82, 2.24) is 15.2 Å². The third-order valence-electron chi connectivity index (χ3n) is 5.27. The van der Waals surface area contributed by atoms with Crippen molar-refractivity contribution in [2.24, 2.45) is 5.92 Å². The van der Waals surface area contributed by atoms with Gasteiger partial charge in [-0.3, -0.25) is 9.69 Å². The van der Waals surface area contributed by atoms with Crippen LogP contribution in [-0.2, 0) is 4.79 Å². The molecular formula is C26H30N4O3S. The third-order valence-corrected chi connectivity index (χ3v) is 6.53. The molecule has 0 saturated heterocycles. The molecule has 4 rings (SSSR count). The van der Waals surface area contributed by atoms with Crippen LogP contribution in [0.5, 0.6) is 11.6 Å². The molecule has 34 heavy (non-hydrogen) atoms. The minimum atomic E-state index is -0.699. The molecule has 0 aliphatic carbocycles. The van der Waals surface area contributed by atoms with Crippen molar-refractivity contribution >= 4 is 23.4 Å². The maximum absolute atomic E-state index is 13.2. The third kappa shape index (κ3) is 5.17. The van der Waals surface area contributed by atoms with E-state index in [9.17, 15) is 4.79 Å². The predicted octanol–water partition coefficient (Wildman–Crippen LogP) is 5.91. The molecule has 1 aromatic heterocycles. The van der Waals surface area contributed by atoms with Gasteiger partial charge in [0.05, 0.1) is 12.3 Å². The lowest BCUT2D eigenvalue weighted by Crippen LogP contribution is -2.37. The highest BCUT2D eigenvalue weighted by Crippen LogP contribution is 2.43. The van der Waals surface area contributed by atoms with E-state index in [1.165, 1.54) is 0 Å². The molecule has 1 amide bonds. The van der Waals surface area contributed by atoms with E-state index in [4.69, 9.17) is 14.5 Å². The number of thioether (sulfide) groups is 1. The smallest absolute Gasteiger partial charge is 0.247 e. The van der Waals surface area contributed by atoms with Crippen molar-refractivity contribution in [3.8, 4) is 22.9 Å². The van der Waals surface area contributed by atoms with Crippen LogP contribution in [0.1, 0.15) is 52.3 Å². The van der Waals surface area contributed by atoms with Crippen LogP contribution in [-0.4, -0.2) is 33.4 Å². The van der Waals surface area contributed by atoms with Gasteiger partial charge in [0.15, 0.2) is 5.69 Å². The fourth-order valence-corrected chi connectivity index (χ4v) is 4.35. The Bertz CT molecular complexity index is 1140. The van der Waals surface area contributed by atoms with Gasteiger partial charge in [0.2, 0.25) is 23.2 Å². The Hall–Kier alpha value is -3.13. The molecule has 2 aromatic carbocycles. The lowest BCUT2D eigenvalue weighted by Gasteiger charge is -2.30. The van der Waals surface area contributed by atoms with Crippen molar-refractivity contribution in [3.63, 3.8) is 0 Å². The highest BCUT2D eigenvalue weighted by molar-refractivity contribution is 7.99. The zero-order valence-corrected chi connectivity index (χ0v) is 20.8. The molecule has 2 heterocycles. The number of para-hydroxylation sites is 1. The fraction of sp³-hybridized carbons (Fsp3) is 0.385. The number of amides is 1. The first kappa shape index (κ1) is 24.0. The first-order valence-electron chi connectivity index (χ1n) is 11.7. The molecule has 1 atom stereocenters. The summed E-state index contributed by atoms with van der Waals surface area (Å²) in [6, 6.07) is 15.3. The fourth-order valence-electron chi connectivity index (χ4n) is 3.62. The number of rotatable bonds is 8. The first-order valence-corrected chi connectivity index (χ1v) is 12.7. The minimum absolute atomic E-state index is 0.0565. The van der Waals surface area contributed by atoms with Crippen LogP contribution in [0.15, 0.2) is 53.7 Å². The molecular weight excluding hydrogens is 448 g/mol. The highest BCUT2D eigenvalue weighted by Gasteiger charge is 2.35. The molecule has 0 spiro atoms. The number of anilines is 1. The van der Waals surface area contributed by atoms with Gasteiger partial charge in [-0.1, -0.05) is 57.7 Å². The molecule has 7 nitrogen and oxygen atoms in total. The molecule has 0 bridgehead atoms. The average Bonchev–Trinajstić information content (AvgIpc) is 3.00. The normalized spacial score (nSPS) is 14.7. The molecule has 0 radical (unpaired) electrons. The summed E-state index contributed by atoms with van der Waals surface area (Å²) in [6.07, 6.45) is 0.565. The topological polar surface area (TPSA) is 77.4 Å². The summed E-state index contributed by atoms with van der Waals surface area (Å²) in [4.78, 5) is 19.6. The number of carbonyl (C=O) groups is 1. The lowest BCUT2D eigenvalue weighted by atomic mass is 10.1. The van der Waals surface area contributed by atoms with Gasteiger partial charge in [-0.15, -0.1) is 10.2 Å². The Labute approximate surface area is 204 Å². The first-order chi connectivity index (χ1) is 16.5. The molecule has 0 N–H and O–H groups in total. The van der Waals surface area contributed by atoms with E-state index in [0.717, 1.165) is 34.7 Å². The number of fused-ring (bicyclic) bond motifs is 3. The maximum Gasteiger partial charge on any atom is 0.247 e. The van der Waals surface area contributed by atoms with E-state index in [2.05, 4.69) is 31.0 Å². The lowest BCUT2D eigenvalue weighted by molar-refractivity contribution is -0.120. The van der Waals surface area contributed by atoms with Gasteiger partial charge >= 0.3 is 0 Å². The van der Waals surface area contributed by atoms with Crippen LogP contribution < -0.4 is 14.4 Å². The second-order valence-corrected chi connectivity index (χ2v) is 9.46. The zero-order chi connectivity index (χ0) is 24.1. The molecule has 0 unspecified atom stereocenters. The number of benzene rings is 2. The SMILES string of the molecule is CCCOc1ccc([C@@H]2Oc3nc(SCC(C)C)nnc3-c3ccccc3N2C(=O)CC)cc1. The van der Waals surface area contributed by atoms with Crippen LogP contribution in [0.3, 0.4) is 0 Å². The van der Waals surface area contributed by atoms with Crippen molar-refractivity contribution in [1.29, 1.82) is 0 Å². The van der Waals surface area contributed by atoms with Gasteiger partial charge in [0.1, 0.15) is 5.75 Å². The monoisotopic (exact) mass is 478 g/mol. The van der Waals surface area contributed by atoms with Crippen molar-refractivity contribution < 1.29 is 14.3 Å². The summed E-state index contributed by atoms with van der Waals surface area (Å²) in [5.74, 6) is 2.47. The average molecular weight is 479 g/mol. The number of hydrogen-bond acceptors (Lipinski definition) is 7. The van der Waals surface area contributed by atoms with E-state index in [-0.39, 0.29) is 5.91 Å². The van der Waals surface area contributed by atoms with E-state index in [0.29, 0.717) is 35.7 Å². The van der Waals surface area contributed by atoms with E-state index in [1.54, 1.807) is 16.7 Å². The summed E-state index contributed by atoms with van der Waals surface area (Å²) < 4.78 is 12.2. The van der Waals surface area contributed by atoms with Crippen molar-refractivity contribution in [2.75, 3.05) is 17.3 Å². The summed E-state index contributed by atoms with van der Waals surface area (Å²) in [6.45, 7) is 8.87. The van der Waals surface area contributed by atoms with Gasteiger partial charge in [0, 0.05) is 23.3 Å². The van der Waals surface area contributed by atoms with Crippen LogP contribution in [0.25, 0.3) is 11.3 Å². The van der Waals surface area contributed by atoms with Gasteiger partial charge in [-0.2, -0.15) is 4.98 Å². The second-order valence-electron chi connectivity index (χ2n) is 8.48. The van der Waals surface area contributed by atoms with Gasteiger partial charge in [0.25, 0.3) is 0 Å². The van der Waals surface area contributed by atoms with Crippen LogP contribution in [0, 0.1) is 5.92 Å². The summed E-state index contributed by atoms with van der Waals surface area (Å²) in [5, 5.41) is 9.37. The van der Waals surface area contributed by atoms with Crippen molar-refractivity contribution in [2.45, 2.75) is 51.9 Å². The summed E-state index contributed by atoms with van der Waals surface area (Å²) >= 11 is 1.55. The Balaban J connectivity index is 1.80. The predicted molar refractivity (Wildman–Crippen MR) is 134 cm³/mol. The number of nitrogens with zero attached hydrogens (tertiary/aromatic N) is 4. The Kier molecular flexibility index (Phi) is 7.67. The number of aromatic nitrogens is 3. The number of carbonyl (C=O) groups excluding carboxylic acids is 1. The number of ether oxygens (including phenoxy) is 2. The zero-order valence-electron chi connectivity index (χ0n) is 20.0. The van der Waals surface area contributed by atoms with Crippen LogP contribution >= 0.6 is 11.8 Å². The molecule has 1 aliphatic heterocycles. The molecule has 0 saturated carbocycles. The van der Waals surface area contributed by atoms with Crippen LogP contribution in [0.2, 0.25) is 0 Å². The minimum Gasteiger partial charge on any atom is -0.494 e. The molecule has 178 valence electrons. The van der Waals surface area contributed by atoms with Gasteiger partial charge in [-0.05, 0) is 42.7 Å². The summed E-state index contributed by atoms with van der Waals surface area (Å²) in [7, 11) is 0. The maximum atomic E-state index is 13.2. The Morgan fingerprint density at radius 1 is 1.12 bits per heavy atom. The summed E-state index contributed by atoms with van der Waals surface area (Å²) in [5.41, 5.74) is 2.85. The Morgan fingerprint density at radius 3 is 2.59 bits per heavy atom. The van der Waals surface area contributed by atoms with E-state index >= 15 is 0 Å². The van der Waals surface area contributed by atoms with Crippen LogP contribution in [0.4, 0.5) is 5.69 Å². The number of hydrogen-bond donors (Lipinski definition) is 0. The van der Waals surface area contributed by atoms with Gasteiger partial charge in [-0.25, -0.2) is 0 Å². The molecule has 3 aromatic rings. The standard InChI is InChI=1S/C26H30N4O3S/c1-5-15-32-19-13-11-18(12-14-19)25-30(22(31)6-2)21-10-8-7-9-20(21)23-24(33-25)27-26(29-28-23)34-16-17(3)4/h7-14,17,25H,5-6,15-16H2,1-4H3/t25-/m0/s1. The van der Waals surface area contributed by atoms with Gasteiger partial charge < -0.3 is 9.47 Å². The largest absolute Gasteiger partial charge is 0.494 e. The Morgan fingerprint density at radius 2 is 1.88 bits per heavy atom. The second kappa shape index (κ2) is 10.9. The van der Waals surface area contributed by atoms with E-state index in [1.807, 2.05) is 55.5 Å². The van der Waals surface area contributed by atoms with Crippen molar-refractivity contribution in [3.05, 3.63) is 54.1 Å². The molecule has 8 heteroatoms.